The standard InChI is InChI=1S/C10H23N3O2S/c1-2-5-12-7-9-13(10-8-12)6-3-4-11-16(14)15/h11H,2-10H2,1H3,(H,14,15)/p-1. The zero-order valence-electron chi connectivity index (χ0n) is 9.98. The molecule has 1 aliphatic heterocycles. The predicted octanol–water partition coefficient (Wildman–Crippen LogP) is -0.212. The van der Waals surface area contributed by atoms with Crippen molar-refractivity contribution in [3.63, 3.8) is 0 Å². The van der Waals surface area contributed by atoms with Crippen molar-refractivity contribution in [1.82, 2.24) is 14.5 Å². The summed E-state index contributed by atoms with van der Waals surface area (Å²) in [7, 11) is 0. The molecule has 1 saturated heterocycles. The summed E-state index contributed by atoms with van der Waals surface area (Å²) in [6.45, 7) is 9.46. The Kier molecular flexibility index (Phi) is 7.15. The molecule has 0 radical (unpaired) electrons. The van der Waals surface area contributed by atoms with Crippen LogP contribution in [0.5, 0.6) is 0 Å². The molecule has 1 heterocycles. The Hall–Kier alpha value is -0.0100. The van der Waals surface area contributed by atoms with Crippen molar-refractivity contribution in [1.29, 1.82) is 0 Å². The van der Waals surface area contributed by atoms with Crippen molar-refractivity contribution in [2.75, 3.05) is 45.8 Å². The second-order valence-corrected chi connectivity index (χ2v) is 4.92. The van der Waals surface area contributed by atoms with E-state index in [4.69, 9.17) is 0 Å². The van der Waals surface area contributed by atoms with E-state index in [-0.39, 0.29) is 0 Å². The molecule has 16 heavy (non-hydrogen) atoms. The molecule has 1 N–H and O–H groups in total. The minimum atomic E-state index is -2.11. The highest BCUT2D eigenvalue weighted by molar-refractivity contribution is 7.77. The van der Waals surface area contributed by atoms with Gasteiger partial charge in [-0.3, -0.25) is 4.21 Å². The molecule has 1 rings (SSSR count). The Labute approximate surface area is 101 Å². The summed E-state index contributed by atoms with van der Waals surface area (Å²) in [4.78, 5) is 4.89. The fraction of sp³-hybridized carbons (Fsp3) is 1.00. The first-order valence-electron chi connectivity index (χ1n) is 6.00. The van der Waals surface area contributed by atoms with Gasteiger partial charge in [0, 0.05) is 44.0 Å². The van der Waals surface area contributed by atoms with Gasteiger partial charge in [0.1, 0.15) is 0 Å². The number of hydrogen-bond donors (Lipinski definition) is 1. The first-order valence-corrected chi connectivity index (χ1v) is 7.07. The van der Waals surface area contributed by atoms with Crippen molar-refractivity contribution in [2.24, 2.45) is 0 Å². The molecule has 0 amide bonds. The van der Waals surface area contributed by atoms with Crippen LogP contribution in [0, 0.1) is 0 Å². The molecule has 0 aromatic heterocycles. The minimum Gasteiger partial charge on any atom is -0.760 e. The fourth-order valence-corrected chi connectivity index (χ4v) is 2.32. The van der Waals surface area contributed by atoms with E-state index in [9.17, 15) is 8.76 Å². The zero-order valence-corrected chi connectivity index (χ0v) is 10.8. The summed E-state index contributed by atoms with van der Waals surface area (Å²) in [6, 6.07) is 0. The van der Waals surface area contributed by atoms with Gasteiger partial charge in [0.25, 0.3) is 0 Å². The van der Waals surface area contributed by atoms with Crippen LogP contribution in [0.1, 0.15) is 19.8 Å². The minimum absolute atomic E-state index is 0.547. The maximum absolute atomic E-state index is 10.2. The van der Waals surface area contributed by atoms with E-state index in [1.807, 2.05) is 0 Å². The van der Waals surface area contributed by atoms with E-state index in [1.54, 1.807) is 0 Å². The van der Waals surface area contributed by atoms with Crippen molar-refractivity contribution in [2.45, 2.75) is 19.8 Å². The molecular weight excluding hydrogens is 226 g/mol. The average molecular weight is 248 g/mol. The van der Waals surface area contributed by atoms with Crippen molar-refractivity contribution >= 4 is 11.3 Å². The molecule has 1 unspecified atom stereocenters. The highest BCUT2D eigenvalue weighted by Crippen LogP contribution is 2.02. The van der Waals surface area contributed by atoms with Gasteiger partial charge in [0.2, 0.25) is 0 Å². The largest absolute Gasteiger partial charge is 0.760 e. The van der Waals surface area contributed by atoms with Crippen LogP contribution < -0.4 is 4.72 Å². The first-order chi connectivity index (χ1) is 7.72. The molecule has 0 aromatic carbocycles. The Bertz CT molecular complexity index is 208. The van der Waals surface area contributed by atoms with E-state index in [2.05, 4.69) is 21.4 Å². The number of nitrogens with zero attached hydrogens (tertiary/aromatic N) is 2. The highest BCUT2D eigenvalue weighted by atomic mass is 32.2. The quantitative estimate of drug-likeness (QED) is 0.500. The average Bonchev–Trinajstić information content (AvgIpc) is 2.27. The predicted molar refractivity (Wildman–Crippen MR) is 64.7 cm³/mol. The molecular formula is C10H22N3O2S-. The molecule has 0 aromatic rings. The van der Waals surface area contributed by atoms with Crippen LogP contribution in [0.2, 0.25) is 0 Å². The van der Waals surface area contributed by atoms with Crippen LogP contribution in [0.4, 0.5) is 0 Å². The first kappa shape index (κ1) is 14.1. The van der Waals surface area contributed by atoms with Gasteiger partial charge in [0.15, 0.2) is 0 Å². The summed E-state index contributed by atoms with van der Waals surface area (Å²) >= 11 is -2.11. The molecule has 0 aliphatic carbocycles. The van der Waals surface area contributed by atoms with Gasteiger partial charge in [-0.15, -0.1) is 0 Å². The Balaban J connectivity index is 2.01. The topological polar surface area (TPSA) is 58.6 Å². The smallest absolute Gasteiger partial charge is 0.0181 e. The number of hydrogen-bond acceptors (Lipinski definition) is 4. The van der Waals surface area contributed by atoms with Crippen molar-refractivity contribution < 1.29 is 8.76 Å². The summed E-state index contributed by atoms with van der Waals surface area (Å²) in [6.07, 6.45) is 2.11. The van der Waals surface area contributed by atoms with E-state index >= 15 is 0 Å². The van der Waals surface area contributed by atoms with Gasteiger partial charge >= 0.3 is 0 Å². The van der Waals surface area contributed by atoms with Gasteiger partial charge in [-0.25, -0.2) is 4.72 Å². The SMILES string of the molecule is CCCN1CCN(CCCNS(=O)[O-])CC1. The maximum atomic E-state index is 10.2. The highest BCUT2D eigenvalue weighted by Gasteiger charge is 2.14. The van der Waals surface area contributed by atoms with Crippen LogP contribution >= 0.6 is 0 Å². The van der Waals surface area contributed by atoms with Gasteiger partial charge in [-0.05, 0) is 25.9 Å². The lowest BCUT2D eigenvalue weighted by Gasteiger charge is -2.34. The molecule has 5 nitrogen and oxygen atoms in total. The monoisotopic (exact) mass is 248 g/mol. The third-order valence-corrected chi connectivity index (χ3v) is 3.32. The van der Waals surface area contributed by atoms with Crippen LogP contribution in [0.3, 0.4) is 0 Å². The summed E-state index contributed by atoms with van der Waals surface area (Å²) in [5.74, 6) is 0. The summed E-state index contributed by atoms with van der Waals surface area (Å²) < 4.78 is 22.9. The van der Waals surface area contributed by atoms with E-state index in [0.717, 1.165) is 39.1 Å². The molecule has 0 saturated carbocycles. The van der Waals surface area contributed by atoms with Crippen LogP contribution in [0.15, 0.2) is 0 Å². The van der Waals surface area contributed by atoms with Gasteiger partial charge in [-0.2, -0.15) is 0 Å². The zero-order chi connectivity index (χ0) is 11.8. The number of nitrogens with one attached hydrogen (secondary N) is 1. The lowest BCUT2D eigenvalue weighted by atomic mass is 10.3. The summed E-state index contributed by atoms with van der Waals surface area (Å²) in [5.41, 5.74) is 0. The molecule has 6 heteroatoms. The Morgan fingerprint density at radius 3 is 2.25 bits per heavy atom. The van der Waals surface area contributed by atoms with Gasteiger partial charge in [-0.1, -0.05) is 6.92 Å². The second-order valence-electron chi connectivity index (χ2n) is 4.17. The molecule has 0 bridgehead atoms. The van der Waals surface area contributed by atoms with Crippen LogP contribution in [-0.4, -0.2) is 64.4 Å². The van der Waals surface area contributed by atoms with E-state index in [1.165, 1.54) is 13.0 Å². The lowest BCUT2D eigenvalue weighted by Crippen LogP contribution is -2.46. The third-order valence-electron chi connectivity index (χ3n) is 2.88. The fourth-order valence-electron chi connectivity index (χ4n) is 2.01. The molecule has 96 valence electrons. The van der Waals surface area contributed by atoms with E-state index in [0.29, 0.717) is 6.54 Å². The van der Waals surface area contributed by atoms with Gasteiger partial charge < -0.3 is 14.4 Å². The molecule has 1 fully saturated rings. The van der Waals surface area contributed by atoms with Crippen LogP contribution in [-0.2, 0) is 11.3 Å². The third kappa shape index (κ3) is 5.91. The number of piperazine rings is 1. The molecule has 1 aliphatic rings. The summed E-state index contributed by atoms with van der Waals surface area (Å²) in [5, 5.41) is 0. The van der Waals surface area contributed by atoms with Crippen molar-refractivity contribution in [3.05, 3.63) is 0 Å². The Morgan fingerprint density at radius 2 is 1.75 bits per heavy atom. The van der Waals surface area contributed by atoms with Crippen molar-refractivity contribution in [3.8, 4) is 0 Å². The molecule has 0 spiro atoms. The maximum Gasteiger partial charge on any atom is 0.0181 e. The van der Waals surface area contributed by atoms with E-state index < -0.39 is 11.3 Å². The lowest BCUT2D eigenvalue weighted by molar-refractivity contribution is 0.132. The Morgan fingerprint density at radius 1 is 1.19 bits per heavy atom. The van der Waals surface area contributed by atoms with Gasteiger partial charge in [0.05, 0.1) is 0 Å². The number of rotatable bonds is 7. The molecule has 1 atom stereocenters. The van der Waals surface area contributed by atoms with Crippen LogP contribution in [0.25, 0.3) is 0 Å². The second kappa shape index (κ2) is 8.14. The normalized spacial score (nSPS) is 21.1.